The van der Waals surface area contributed by atoms with Crippen LogP contribution < -0.4 is 10.6 Å². The second kappa shape index (κ2) is 5.44. The number of rotatable bonds is 4. The number of carbonyl (C=O) groups is 2. The van der Waals surface area contributed by atoms with Crippen LogP contribution in [-0.4, -0.2) is 17.9 Å². The molecule has 1 aromatic carbocycles. The molecule has 1 aliphatic carbocycles. The van der Waals surface area contributed by atoms with E-state index >= 15 is 0 Å². The number of halogens is 1. The number of amides is 2. The van der Waals surface area contributed by atoms with Crippen LogP contribution in [0.5, 0.6) is 0 Å². The van der Waals surface area contributed by atoms with Gasteiger partial charge in [0.15, 0.2) is 0 Å². The molecule has 0 atom stereocenters. The van der Waals surface area contributed by atoms with Crippen molar-refractivity contribution < 1.29 is 9.59 Å². The standard InChI is InChI=1S/C15H19ClN2O2/c1-9-11(16)5-4-6-12(9)18-14(20)15(2,3)13(19)17-10-7-8-10/h4-6,10H,7-8H2,1-3H3,(H,17,19)(H,18,20). The molecule has 0 heterocycles. The largest absolute Gasteiger partial charge is 0.352 e. The summed E-state index contributed by atoms with van der Waals surface area (Å²) < 4.78 is 0. The molecule has 2 amide bonds. The summed E-state index contributed by atoms with van der Waals surface area (Å²) in [6, 6.07) is 5.54. The van der Waals surface area contributed by atoms with Gasteiger partial charge in [0.2, 0.25) is 11.8 Å². The highest BCUT2D eigenvalue weighted by Gasteiger charge is 2.38. The fraction of sp³-hybridized carbons (Fsp3) is 0.467. The minimum absolute atomic E-state index is 0.238. The molecule has 2 N–H and O–H groups in total. The minimum Gasteiger partial charge on any atom is -0.352 e. The number of nitrogens with one attached hydrogen (secondary N) is 2. The van der Waals surface area contributed by atoms with E-state index in [9.17, 15) is 9.59 Å². The normalized spacial score (nSPS) is 14.8. The highest BCUT2D eigenvalue weighted by molar-refractivity contribution is 6.31. The van der Waals surface area contributed by atoms with Crippen molar-refractivity contribution in [3.63, 3.8) is 0 Å². The molecule has 1 aromatic rings. The monoisotopic (exact) mass is 294 g/mol. The van der Waals surface area contributed by atoms with Crippen molar-refractivity contribution in [2.75, 3.05) is 5.32 Å². The first-order valence-electron chi connectivity index (χ1n) is 6.70. The predicted molar refractivity (Wildman–Crippen MR) is 79.8 cm³/mol. The Hall–Kier alpha value is -1.55. The lowest BCUT2D eigenvalue weighted by atomic mass is 9.90. The molecule has 0 radical (unpaired) electrons. The maximum Gasteiger partial charge on any atom is 0.239 e. The van der Waals surface area contributed by atoms with Gasteiger partial charge in [-0.3, -0.25) is 9.59 Å². The van der Waals surface area contributed by atoms with Crippen LogP contribution in [-0.2, 0) is 9.59 Å². The summed E-state index contributed by atoms with van der Waals surface area (Å²) in [5.74, 6) is -0.571. The van der Waals surface area contributed by atoms with Crippen LogP contribution in [0.3, 0.4) is 0 Å². The lowest BCUT2D eigenvalue weighted by Crippen LogP contribution is -2.45. The first kappa shape index (κ1) is 14.9. The molecule has 1 saturated carbocycles. The van der Waals surface area contributed by atoms with E-state index in [2.05, 4.69) is 10.6 Å². The summed E-state index contributed by atoms with van der Waals surface area (Å²) in [5, 5.41) is 6.23. The van der Waals surface area contributed by atoms with Gasteiger partial charge >= 0.3 is 0 Å². The first-order chi connectivity index (χ1) is 9.32. The van der Waals surface area contributed by atoms with Gasteiger partial charge in [0.1, 0.15) is 5.41 Å². The van der Waals surface area contributed by atoms with Crippen LogP contribution in [0.1, 0.15) is 32.3 Å². The number of benzene rings is 1. The topological polar surface area (TPSA) is 58.2 Å². The van der Waals surface area contributed by atoms with Gasteiger partial charge < -0.3 is 10.6 Å². The minimum atomic E-state index is -1.11. The van der Waals surface area contributed by atoms with Crippen molar-refractivity contribution in [2.24, 2.45) is 5.41 Å². The zero-order valence-corrected chi connectivity index (χ0v) is 12.7. The summed E-state index contributed by atoms with van der Waals surface area (Å²) in [5.41, 5.74) is 0.313. The van der Waals surface area contributed by atoms with Gasteiger partial charge in [0.05, 0.1) is 0 Å². The molecular formula is C15H19ClN2O2. The fourth-order valence-corrected chi connectivity index (χ4v) is 1.89. The van der Waals surface area contributed by atoms with Gasteiger partial charge in [-0.1, -0.05) is 17.7 Å². The van der Waals surface area contributed by atoms with E-state index in [1.54, 1.807) is 32.0 Å². The quantitative estimate of drug-likeness (QED) is 0.839. The SMILES string of the molecule is Cc1c(Cl)cccc1NC(=O)C(C)(C)C(=O)NC1CC1. The lowest BCUT2D eigenvalue weighted by Gasteiger charge is -2.23. The highest BCUT2D eigenvalue weighted by Crippen LogP contribution is 2.27. The zero-order valence-electron chi connectivity index (χ0n) is 11.9. The highest BCUT2D eigenvalue weighted by atomic mass is 35.5. The molecule has 0 bridgehead atoms. The Morgan fingerprint density at radius 3 is 2.50 bits per heavy atom. The maximum atomic E-state index is 12.3. The van der Waals surface area contributed by atoms with Gasteiger partial charge in [-0.05, 0) is 51.3 Å². The number of carbonyl (C=O) groups excluding carboxylic acids is 2. The molecule has 1 aliphatic rings. The fourth-order valence-electron chi connectivity index (χ4n) is 1.72. The predicted octanol–water partition coefficient (Wildman–Crippen LogP) is 2.89. The van der Waals surface area contributed by atoms with Crippen molar-refractivity contribution >= 4 is 29.1 Å². The van der Waals surface area contributed by atoms with Gasteiger partial charge in [-0.2, -0.15) is 0 Å². The second-order valence-corrected chi connectivity index (χ2v) is 6.15. The maximum absolute atomic E-state index is 12.3. The molecule has 4 nitrogen and oxygen atoms in total. The molecule has 0 spiro atoms. The van der Waals surface area contributed by atoms with E-state index in [0.29, 0.717) is 10.7 Å². The summed E-state index contributed by atoms with van der Waals surface area (Å²) in [4.78, 5) is 24.4. The van der Waals surface area contributed by atoms with Crippen molar-refractivity contribution in [1.29, 1.82) is 0 Å². The summed E-state index contributed by atoms with van der Waals surface area (Å²) in [6.45, 7) is 5.08. The Bertz CT molecular complexity index is 551. The van der Waals surface area contributed by atoms with Crippen molar-refractivity contribution in [3.05, 3.63) is 28.8 Å². The van der Waals surface area contributed by atoms with Crippen LogP contribution in [0.4, 0.5) is 5.69 Å². The van der Waals surface area contributed by atoms with Gasteiger partial charge in [-0.15, -0.1) is 0 Å². The van der Waals surface area contributed by atoms with Crippen LogP contribution in [0.15, 0.2) is 18.2 Å². The summed E-state index contributed by atoms with van der Waals surface area (Å²) in [6.07, 6.45) is 1.99. The van der Waals surface area contributed by atoms with Gasteiger partial charge in [0.25, 0.3) is 0 Å². The molecule has 1 fully saturated rings. The molecule has 0 aliphatic heterocycles. The number of anilines is 1. The Morgan fingerprint density at radius 1 is 1.25 bits per heavy atom. The Labute approximate surface area is 123 Å². The molecule has 20 heavy (non-hydrogen) atoms. The molecule has 0 aromatic heterocycles. The molecule has 0 saturated heterocycles. The number of hydrogen-bond acceptors (Lipinski definition) is 2. The van der Waals surface area contributed by atoms with Gasteiger partial charge in [0, 0.05) is 16.8 Å². The van der Waals surface area contributed by atoms with Crippen molar-refractivity contribution in [3.8, 4) is 0 Å². The Balaban J connectivity index is 2.09. The third-order valence-corrected chi connectivity index (χ3v) is 3.97. The van der Waals surface area contributed by atoms with Crippen LogP contribution in [0, 0.1) is 12.3 Å². The molecule has 5 heteroatoms. The first-order valence-corrected chi connectivity index (χ1v) is 7.07. The van der Waals surface area contributed by atoms with E-state index in [4.69, 9.17) is 11.6 Å². The summed E-state index contributed by atoms with van der Waals surface area (Å²) in [7, 11) is 0. The third-order valence-electron chi connectivity index (χ3n) is 3.56. The van der Waals surface area contributed by atoms with E-state index in [1.807, 2.05) is 6.92 Å². The van der Waals surface area contributed by atoms with E-state index in [0.717, 1.165) is 18.4 Å². The molecule has 108 valence electrons. The van der Waals surface area contributed by atoms with E-state index in [1.165, 1.54) is 0 Å². The Kier molecular flexibility index (Phi) is 4.04. The molecular weight excluding hydrogens is 276 g/mol. The van der Waals surface area contributed by atoms with Crippen LogP contribution in [0.25, 0.3) is 0 Å². The summed E-state index contributed by atoms with van der Waals surface area (Å²) >= 11 is 6.02. The van der Waals surface area contributed by atoms with Crippen molar-refractivity contribution in [2.45, 2.75) is 39.7 Å². The number of hydrogen-bond donors (Lipinski definition) is 2. The second-order valence-electron chi connectivity index (χ2n) is 5.74. The average Bonchev–Trinajstić information content (AvgIpc) is 3.18. The van der Waals surface area contributed by atoms with E-state index in [-0.39, 0.29) is 17.9 Å². The van der Waals surface area contributed by atoms with Crippen LogP contribution in [0.2, 0.25) is 5.02 Å². The smallest absolute Gasteiger partial charge is 0.239 e. The van der Waals surface area contributed by atoms with Crippen LogP contribution >= 0.6 is 11.6 Å². The Morgan fingerprint density at radius 2 is 1.90 bits per heavy atom. The third kappa shape index (κ3) is 3.12. The van der Waals surface area contributed by atoms with Gasteiger partial charge in [-0.25, -0.2) is 0 Å². The average molecular weight is 295 g/mol. The van der Waals surface area contributed by atoms with Crippen molar-refractivity contribution in [1.82, 2.24) is 5.32 Å². The molecule has 2 rings (SSSR count). The lowest BCUT2D eigenvalue weighted by molar-refractivity contribution is -0.138. The molecule has 0 unspecified atom stereocenters. The zero-order chi connectivity index (χ0) is 14.9. The van der Waals surface area contributed by atoms with E-state index < -0.39 is 5.41 Å².